The SMILES string of the molecule is CC(=O)c1cc(C(=O)N[C@@H]2CCO[C@@H]2c2ccc(Cl)cc2)n(C)c1. The molecule has 1 aromatic heterocycles. The van der Waals surface area contributed by atoms with Crippen LogP contribution >= 0.6 is 11.6 Å². The molecule has 1 aliphatic heterocycles. The van der Waals surface area contributed by atoms with Crippen LogP contribution in [0.15, 0.2) is 36.5 Å². The summed E-state index contributed by atoms with van der Waals surface area (Å²) in [7, 11) is 1.75. The lowest BCUT2D eigenvalue weighted by Gasteiger charge is -2.20. The van der Waals surface area contributed by atoms with Crippen LogP contribution < -0.4 is 5.32 Å². The van der Waals surface area contributed by atoms with Gasteiger partial charge in [0.05, 0.1) is 6.04 Å². The molecule has 3 rings (SSSR count). The number of nitrogens with zero attached hydrogens (tertiary/aromatic N) is 1. The molecule has 5 nitrogen and oxygen atoms in total. The second kappa shape index (κ2) is 6.79. The first-order chi connectivity index (χ1) is 11.5. The van der Waals surface area contributed by atoms with Crippen LogP contribution in [0.4, 0.5) is 0 Å². The molecule has 126 valence electrons. The Morgan fingerprint density at radius 2 is 2.00 bits per heavy atom. The Morgan fingerprint density at radius 3 is 2.62 bits per heavy atom. The summed E-state index contributed by atoms with van der Waals surface area (Å²) in [5, 5.41) is 3.69. The van der Waals surface area contributed by atoms with Crippen molar-refractivity contribution in [1.82, 2.24) is 9.88 Å². The number of halogens is 1. The van der Waals surface area contributed by atoms with Crippen LogP contribution in [0.1, 0.15) is 45.9 Å². The molecule has 24 heavy (non-hydrogen) atoms. The number of nitrogens with one attached hydrogen (secondary N) is 1. The number of amides is 1. The van der Waals surface area contributed by atoms with Crippen molar-refractivity contribution in [2.24, 2.45) is 7.05 Å². The molecule has 2 aromatic rings. The largest absolute Gasteiger partial charge is 0.371 e. The zero-order valence-corrected chi connectivity index (χ0v) is 14.3. The van der Waals surface area contributed by atoms with Crippen LogP contribution in [-0.2, 0) is 11.8 Å². The number of hydrogen-bond acceptors (Lipinski definition) is 3. The van der Waals surface area contributed by atoms with Crippen molar-refractivity contribution >= 4 is 23.3 Å². The molecule has 1 aromatic carbocycles. The number of Topliss-reactive ketones (excluding diaryl/α,β-unsaturated/α-hetero) is 1. The van der Waals surface area contributed by atoms with Crippen LogP contribution in [0.25, 0.3) is 0 Å². The lowest BCUT2D eigenvalue weighted by Crippen LogP contribution is -2.37. The summed E-state index contributed by atoms with van der Waals surface area (Å²) in [4.78, 5) is 24.0. The van der Waals surface area contributed by atoms with E-state index in [1.807, 2.05) is 24.3 Å². The molecule has 0 saturated carbocycles. The van der Waals surface area contributed by atoms with E-state index in [2.05, 4.69) is 5.32 Å². The lowest BCUT2D eigenvalue weighted by atomic mass is 10.0. The van der Waals surface area contributed by atoms with E-state index >= 15 is 0 Å². The van der Waals surface area contributed by atoms with E-state index in [4.69, 9.17) is 16.3 Å². The maximum Gasteiger partial charge on any atom is 0.268 e. The Morgan fingerprint density at radius 1 is 1.29 bits per heavy atom. The fraction of sp³-hybridized carbons (Fsp3) is 0.333. The van der Waals surface area contributed by atoms with Crippen molar-refractivity contribution in [3.05, 3.63) is 58.4 Å². The van der Waals surface area contributed by atoms with Crippen LogP contribution in [0.2, 0.25) is 5.02 Å². The highest BCUT2D eigenvalue weighted by atomic mass is 35.5. The van der Waals surface area contributed by atoms with Gasteiger partial charge in [-0.1, -0.05) is 23.7 Å². The van der Waals surface area contributed by atoms with E-state index in [1.165, 1.54) is 6.92 Å². The molecule has 1 amide bonds. The van der Waals surface area contributed by atoms with E-state index in [0.29, 0.717) is 22.9 Å². The molecule has 2 heterocycles. The van der Waals surface area contributed by atoms with E-state index < -0.39 is 0 Å². The molecule has 0 spiro atoms. The molecule has 0 radical (unpaired) electrons. The predicted octanol–water partition coefficient (Wildman–Crippen LogP) is 3.14. The summed E-state index contributed by atoms with van der Waals surface area (Å²) in [6, 6.07) is 8.95. The number of rotatable bonds is 4. The van der Waals surface area contributed by atoms with Crippen molar-refractivity contribution in [3.8, 4) is 0 Å². The molecule has 1 N–H and O–H groups in total. The van der Waals surface area contributed by atoms with Gasteiger partial charge in [-0.15, -0.1) is 0 Å². The monoisotopic (exact) mass is 346 g/mol. The van der Waals surface area contributed by atoms with Gasteiger partial charge in [-0.3, -0.25) is 9.59 Å². The van der Waals surface area contributed by atoms with Gasteiger partial charge in [-0.05, 0) is 37.1 Å². The number of carbonyl (C=O) groups is 2. The fourth-order valence-electron chi connectivity index (χ4n) is 2.94. The highest BCUT2D eigenvalue weighted by Crippen LogP contribution is 2.30. The first kappa shape index (κ1) is 16.7. The second-order valence-corrected chi connectivity index (χ2v) is 6.43. The molecule has 1 aliphatic rings. The number of ketones is 1. The van der Waals surface area contributed by atoms with Gasteiger partial charge in [-0.2, -0.15) is 0 Å². The normalized spacial score (nSPS) is 20.1. The van der Waals surface area contributed by atoms with Crippen LogP contribution in [0.3, 0.4) is 0 Å². The zero-order chi connectivity index (χ0) is 17.3. The van der Waals surface area contributed by atoms with Gasteiger partial charge < -0.3 is 14.6 Å². The zero-order valence-electron chi connectivity index (χ0n) is 13.6. The van der Waals surface area contributed by atoms with Crippen LogP contribution in [0, 0.1) is 0 Å². The van der Waals surface area contributed by atoms with Gasteiger partial charge in [0.2, 0.25) is 0 Å². The van der Waals surface area contributed by atoms with Crippen molar-refractivity contribution < 1.29 is 14.3 Å². The predicted molar refractivity (Wildman–Crippen MR) is 91.4 cm³/mol. The molecule has 6 heteroatoms. The molecule has 1 fully saturated rings. The molecule has 0 bridgehead atoms. The van der Waals surface area contributed by atoms with Gasteiger partial charge in [0, 0.05) is 30.4 Å². The molecular formula is C18H19ClN2O3. The Kier molecular flexibility index (Phi) is 4.73. The number of aryl methyl sites for hydroxylation is 1. The number of benzene rings is 1. The van der Waals surface area contributed by atoms with Gasteiger partial charge in [0.1, 0.15) is 11.8 Å². The van der Waals surface area contributed by atoms with Gasteiger partial charge in [0.15, 0.2) is 5.78 Å². The Bertz CT molecular complexity index is 767. The topological polar surface area (TPSA) is 60.3 Å². The third kappa shape index (κ3) is 3.37. The minimum atomic E-state index is -0.209. The summed E-state index contributed by atoms with van der Waals surface area (Å²) in [5.41, 5.74) is 1.97. The van der Waals surface area contributed by atoms with Crippen molar-refractivity contribution in [2.75, 3.05) is 6.61 Å². The summed E-state index contributed by atoms with van der Waals surface area (Å²) in [6.45, 7) is 2.07. The quantitative estimate of drug-likeness (QED) is 0.865. The Labute approximate surface area is 145 Å². The third-order valence-corrected chi connectivity index (χ3v) is 4.50. The molecule has 1 saturated heterocycles. The Hall–Kier alpha value is -2.11. The van der Waals surface area contributed by atoms with Crippen LogP contribution in [-0.4, -0.2) is 28.9 Å². The minimum Gasteiger partial charge on any atom is -0.371 e. The second-order valence-electron chi connectivity index (χ2n) is 5.99. The van der Waals surface area contributed by atoms with Crippen molar-refractivity contribution in [2.45, 2.75) is 25.5 Å². The van der Waals surface area contributed by atoms with Gasteiger partial charge in [0.25, 0.3) is 5.91 Å². The maximum atomic E-state index is 12.6. The first-order valence-corrected chi connectivity index (χ1v) is 8.18. The number of aromatic nitrogens is 1. The Balaban J connectivity index is 1.76. The van der Waals surface area contributed by atoms with E-state index in [1.54, 1.807) is 23.9 Å². The smallest absolute Gasteiger partial charge is 0.268 e. The van der Waals surface area contributed by atoms with Crippen molar-refractivity contribution in [1.29, 1.82) is 0 Å². The maximum absolute atomic E-state index is 12.6. The summed E-state index contributed by atoms with van der Waals surface area (Å²) < 4.78 is 7.45. The highest BCUT2D eigenvalue weighted by Gasteiger charge is 2.31. The van der Waals surface area contributed by atoms with Gasteiger partial charge >= 0.3 is 0 Å². The standard InChI is InChI=1S/C18H19ClN2O3/c1-11(22)13-9-16(21(2)10-13)18(23)20-15-7-8-24-17(15)12-3-5-14(19)6-4-12/h3-6,9-10,15,17H,7-8H2,1-2H3,(H,20,23)/t15-,17-/m1/s1. The number of hydrogen-bond donors (Lipinski definition) is 1. The minimum absolute atomic E-state index is 0.0621. The average Bonchev–Trinajstić information content (AvgIpc) is 3.15. The first-order valence-electron chi connectivity index (χ1n) is 7.81. The molecular weight excluding hydrogens is 328 g/mol. The average molecular weight is 347 g/mol. The lowest BCUT2D eigenvalue weighted by molar-refractivity contribution is 0.0816. The third-order valence-electron chi connectivity index (χ3n) is 4.25. The summed E-state index contributed by atoms with van der Waals surface area (Å²) in [5.74, 6) is -0.271. The molecule has 0 unspecified atom stereocenters. The van der Waals surface area contributed by atoms with E-state index in [0.717, 1.165) is 12.0 Å². The summed E-state index contributed by atoms with van der Waals surface area (Å²) >= 11 is 5.92. The molecule has 2 atom stereocenters. The van der Waals surface area contributed by atoms with Gasteiger partial charge in [-0.25, -0.2) is 0 Å². The van der Waals surface area contributed by atoms with E-state index in [-0.39, 0.29) is 23.8 Å². The summed E-state index contributed by atoms with van der Waals surface area (Å²) in [6.07, 6.45) is 2.21. The van der Waals surface area contributed by atoms with Crippen LogP contribution in [0.5, 0.6) is 0 Å². The van der Waals surface area contributed by atoms with E-state index in [9.17, 15) is 9.59 Å². The number of carbonyl (C=O) groups excluding carboxylic acids is 2. The molecule has 0 aliphatic carbocycles. The fourth-order valence-corrected chi connectivity index (χ4v) is 3.07. The van der Waals surface area contributed by atoms with Crippen molar-refractivity contribution in [3.63, 3.8) is 0 Å². The highest BCUT2D eigenvalue weighted by molar-refractivity contribution is 6.30. The number of ether oxygens (including phenoxy) is 1.